The maximum absolute atomic E-state index is 13.0. The van der Waals surface area contributed by atoms with E-state index < -0.39 is 5.91 Å². The zero-order chi connectivity index (χ0) is 21.3. The minimum atomic E-state index is -0.473. The molecule has 3 rings (SSSR count). The number of anilines is 1. The molecule has 0 fully saturated rings. The van der Waals surface area contributed by atoms with Crippen LogP contribution in [-0.4, -0.2) is 26.0 Å². The summed E-state index contributed by atoms with van der Waals surface area (Å²) in [5.41, 5.74) is 1.78. The van der Waals surface area contributed by atoms with Gasteiger partial charge in [-0.1, -0.05) is 42.5 Å². The van der Waals surface area contributed by atoms with Gasteiger partial charge >= 0.3 is 0 Å². The lowest BCUT2D eigenvalue weighted by Crippen LogP contribution is -2.30. The lowest BCUT2D eigenvalue weighted by atomic mass is 10.1. The van der Waals surface area contributed by atoms with Crippen molar-refractivity contribution in [2.75, 3.05) is 19.5 Å². The number of carbonyl (C=O) groups excluding carboxylic acids is 2. The average Bonchev–Trinajstić information content (AvgIpc) is 2.80. The van der Waals surface area contributed by atoms with Gasteiger partial charge in [0.25, 0.3) is 11.8 Å². The predicted molar refractivity (Wildman–Crippen MR) is 117 cm³/mol. The molecule has 2 amide bonds. The zero-order valence-corrected chi connectivity index (χ0v) is 16.7. The molecule has 0 aromatic heterocycles. The van der Waals surface area contributed by atoms with Crippen LogP contribution >= 0.6 is 0 Å². The highest BCUT2D eigenvalue weighted by Crippen LogP contribution is 2.24. The van der Waals surface area contributed by atoms with Crippen LogP contribution in [0.2, 0.25) is 0 Å². The normalized spacial score (nSPS) is 10.8. The van der Waals surface area contributed by atoms with Gasteiger partial charge in [0.05, 0.1) is 19.9 Å². The first-order chi connectivity index (χ1) is 14.6. The Morgan fingerprint density at radius 1 is 0.800 bits per heavy atom. The van der Waals surface area contributed by atoms with Crippen LogP contribution in [0.15, 0.2) is 84.6 Å². The second-order valence-electron chi connectivity index (χ2n) is 6.31. The average molecular weight is 402 g/mol. The third kappa shape index (κ3) is 5.26. The molecular weight excluding hydrogens is 380 g/mol. The molecule has 0 unspecified atom stereocenters. The van der Waals surface area contributed by atoms with Gasteiger partial charge in [-0.2, -0.15) is 0 Å². The second-order valence-corrected chi connectivity index (χ2v) is 6.31. The van der Waals surface area contributed by atoms with Gasteiger partial charge in [0, 0.05) is 5.56 Å². The highest BCUT2D eigenvalue weighted by molar-refractivity contribution is 6.11. The van der Waals surface area contributed by atoms with Gasteiger partial charge in [-0.05, 0) is 48.0 Å². The Kier molecular flexibility index (Phi) is 6.84. The summed E-state index contributed by atoms with van der Waals surface area (Å²) in [7, 11) is 3.10. The molecule has 0 aliphatic rings. The number of para-hydroxylation sites is 2. The number of amides is 2. The number of hydrogen-bond acceptors (Lipinski definition) is 4. The third-order valence-electron chi connectivity index (χ3n) is 4.31. The van der Waals surface area contributed by atoms with E-state index in [0.717, 1.165) is 5.56 Å². The highest BCUT2D eigenvalue weighted by Gasteiger charge is 2.16. The van der Waals surface area contributed by atoms with E-state index in [9.17, 15) is 9.59 Å². The molecule has 2 N–H and O–H groups in total. The van der Waals surface area contributed by atoms with Crippen molar-refractivity contribution in [3.05, 3.63) is 95.7 Å². The summed E-state index contributed by atoms with van der Waals surface area (Å²) in [5, 5.41) is 5.50. The molecular formula is C24H22N2O4. The SMILES string of the molecule is COc1ccc(/C=C(\NC(=O)c2ccccc2)C(=O)Nc2ccccc2OC)cc1. The molecule has 3 aromatic rings. The molecule has 0 aliphatic heterocycles. The quantitative estimate of drug-likeness (QED) is 0.583. The smallest absolute Gasteiger partial charge is 0.272 e. The fourth-order valence-electron chi connectivity index (χ4n) is 2.75. The largest absolute Gasteiger partial charge is 0.497 e. The molecule has 0 saturated heterocycles. The molecule has 6 heteroatoms. The summed E-state index contributed by atoms with van der Waals surface area (Å²) in [4.78, 5) is 25.6. The van der Waals surface area contributed by atoms with E-state index in [1.54, 1.807) is 86.0 Å². The minimum absolute atomic E-state index is 0.0972. The number of carbonyl (C=O) groups is 2. The second kappa shape index (κ2) is 9.93. The van der Waals surface area contributed by atoms with E-state index in [1.807, 2.05) is 6.07 Å². The Hall–Kier alpha value is -4.06. The van der Waals surface area contributed by atoms with Crippen LogP contribution in [0.1, 0.15) is 15.9 Å². The van der Waals surface area contributed by atoms with Gasteiger partial charge in [0.2, 0.25) is 0 Å². The molecule has 0 aliphatic carbocycles. The number of nitrogens with one attached hydrogen (secondary N) is 2. The maximum atomic E-state index is 13.0. The van der Waals surface area contributed by atoms with Crippen LogP contribution in [-0.2, 0) is 4.79 Å². The lowest BCUT2D eigenvalue weighted by Gasteiger charge is -2.13. The maximum Gasteiger partial charge on any atom is 0.272 e. The molecule has 152 valence electrons. The summed E-state index contributed by atoms with van der Waals surface area (Å²) < 4.78 is 10.4. The first-order valence-corrected chi connectivity index (χ1v) is 9.27. The standard InChI is InChI=1S/C24H22N2O4/c1-29-19-14-12-17(13-15-19)16-21(26-23(27)18-8-4-3-5-9-18)24(28)25-20-10-6-7-11-22(20)30-2/h3-16H,1-2H3,(H,25,28)(H,26,27)/b21-16-. The van der Waals surface area contributed by atoms with Crippen LogP contribution in [0.4, 0.5) is 5.69 Å². The highest BCUT2D eigenvalue weighted by atomic mass is 16.5. The Morgan fingerprint density at radius 2 is 1.47 bits per heavy atom. The molecule has 3 aromatic carbocycles. The molecule has 0 heterocycles. The summed E-state index contributed by atoms with van der Waals surface area (Å²) in [6.07, 6.45) is 1.60. The molecule has 0 spiro atoms. The Morgan fingerprint density at radius 3 is 2.13 bits per heavy atom. The third-order valence-corrected chi connectivity index (χ3v) is 4.31. The van der Waals surface area contributed by atoms with Crippen molar-refractivity contribution in [2.45, 2.75) is 0 Å². The number of hydrogen-bond donors (Lipinski definition) is 2. The van der Waals surface area contributed by atoms with E-state index in [2.05, 4.69) is 10.6 Å². The van der Waals surface area contributed by atoms with Gasteiger partial charge < -0.3 is 20.1 Å². The first kappa shape index (κ1) is 20.7. The lowest BCUT2D eigenvalue weighted by molar-refractivity contribution is -0.113. The van der Waals surface area contributed by atoms with Crippen molar-refractivity contribution < 1.29 is 19.1 Å². The van der Waals surface area contributed by atoms with Crippen LogP contribution in [0, 0.1) is 0 Å². The summed E-state index contributed by atoms with van der Waals surface area (Å²) in [6, 6.07) is 22.9. The van der Waals surface area contributed by atoms with E-state index >= 15 is 0 Å². The first-order valence-electron chi connectivity index (χ1n) is 9.27. The number of ether oxygens (including phenoxy) is 2. The molecule has 0 bridgehead atoms. The van der Waals surface area contributed by atoms with Gasteiger partial charge in [-0.25, -0.2) is 0 Å². The molecule has 30 heavy (non-hydrogen) atoms. The Bertz CT molecular complexity index is 1040. The topological polar surface area (TPSA) is 76.7 Å². The van der Waals surface area contributed by atoms with Crippen molar-refractivity contribution in [2.24, 2.45) is 0 Å². The zero-order valence-electron chi connectivity index (χ0n) is 16.7. The van der Waals surface area contributed by atoms with Crippen molar-refractivity contribution in [1.82, 2.24) is 5.32 Å². The Balaban J connectivity index is 1.90. The van der Waals surface area contributed by atoms with E-state index in [4.69, 9.17) is 9.47 Å². The predicted octanol–water partition coefficient (Wildman–Crippen LogP) is 4.11. The van der Waals surface area contributed by atoms with E-state index in [-0.39, 0.29) is 11.6 Å². The van der Waals surface area contributed by atoms with Gasteiger partial charge in [0.1, 0.15) is 17.2 Å². The number of methoxy groups -OCH3 is 2. The molecule has 6 nitrogen and oxygen atoms in total. The van der Waals surface area contributed by atoms with Gasteiger partial charge in [0.15, 0.2) is 0 Å². The summed E-state index contributed by atoms with van der Waals surface area (Å²) in [5.74, 6) is 0.356. The van der Waals surface area contributed by atoms with E-state index in [1.165, 1.54) is 7.11 Å². The van der Waals surface area contributed by atoms with Gasteiger partial charge in [-0.15, -0.1) is 0 Å². The van der Waals surface area contributed by atoms with Crippen molar-refractivity contribution in [3.63, 3.8) is 0 Å². The number of benzene rings is 3. The van der Waals surface area contributed by atoms with Crippen LogP contribution in [0.3, 0.4) is 0 Å². The monoisotopic (exact) mass is 402 g/mol. The fourth-order valence-corrected chi connectivity index (χ4v) is 2.75. The van der Waals surface area contributed by atoms with E-state index in [0.29, 0.717) is 22.7 Å². The van der Waals surface area contributed by atoms with Crippen molar-refractivity contribution in [1.29, 1.82) is 0 Å². The molecule has 0 saturated carbocycles. The summed E-state index contributed by atoms with van der Waals surface area (Å²) >= 11 is 0. The fraction of sp³-hybridized carbons (Fsp3) is 0.0833. The summed E-state index contributed by atoms with van der Waals surface area (Å²) in [6.45, 7) is 0. The minimum Gasteiger partial charge on any atom is -0.497 e. The Labute approximate surface area is 175 Å². The number of rotatable bonds is 7. The van der Waals surface area contributed by atoms with Crippen LogP contribution < -0.4 is 20.1 Å². The molecule has 0 radical (unpaired) electrons. The van der Waals surface area contributed by atoms with Crippen molar-refractivity contribution >= 4 is 23.6 Å². The van der Waals surface area contributed by atoms with Crippen molar-refractivity contribution in [3.8, 4) is 11.5 Å². The van der Waals surface area contributed by atoms with Crippen LogP contribution in [0.25, 0.3) is 6.08 Å². The van der Waals surface area contributed by atoms with Gasteiger partial charge in [-0.3, -0.25) is 9.59 Å². The van der Waals surface area contributed by atoms with Crippen LogP contribution in [0.5, 0.6) is 11.5 Å². The molecule has 0 atom stereocenters.